The highest BCUT2D eigenvalue weighted by Gasteiger charge is 2.06. The van der Waals surface area contributed by atoms with Crippen LogP contribution in [-0.2, 0) is 0 Å². The van der Waals surface area contributed by atoms with E-state index in [0.717, 1.165) is 11.3 Å². The first-order valence-corrected chi connectivity index (χ1v) is 4.90. The van der Waals surface area contributed by atoms with Gasteiger partial charge in [-0.3, -0.25) is 4.98 Å². The second-order valence-corrected chi connectivity index (χ2v) is 3.61. The fourth-order valence-corrected chi connectivity index (χ4v) is 1.58. The van der Waals surface area contributed by atoms with Crippen LogP contribution in [0.3, 0.4) is 0 Å². The molecule has 1 heterocycles. The molecule has 0 saturated carbocycles. The molecule has 1 aromatic carbocycles. The summed E-state index contributed by atoms with van der Waals surface area (Å²) < 4.78 is 0. The summed E-state index contributed by atoms with van der Waals surface area (Å²) in [6.07, 6.45) is 1.65. The van der Waals surface area contributed by atoms with Gasteiger partial charge in [-0.15, -0.1) is 0 Å². The maximum absolute atomic E-state index is 6.03. The summed E-state index contributed by atoms with van der Waals surface area (Å²) in [5, 5.41) is 1.03. The van der Waals surface area contributed by atoms with Crippen LogP contribution in [0.25, 0.3) is 11.3 Å². The van der Waals surface area contributed by atoms with Gasteiger partial charge in [-0.05, 0) is 6.07 Å². The minimum Gasteiger partial charge on any atom is -0.255 e. The van der Waals surface area contributed by atoms with Crippen LogP contribution in [0.2, 0.25) is 10.0 Å². The Morgan fingerprint density at radius 2 is 1.64 bits per heavy atom. The van der Waals surface area contributed by atoms with Crippen molar-refractivity contribution in [3.63, 3.8) is 0 Å². The second kappa shape index (κ2) is 3.99. The van der Waals surface area contributed by atoms with Crippen molar-refractivity contribution in [1.29, 1.82) is 0 Å². The molecule has 0 fully saturated rings. The van der Waals surface area contributed by atoms with E-state index in [9.17, 15) is 0 Å². The van der Waals surface area contributed by atoms with Crippen molar-refractivity contribution in [3.05, 3.63) is 52.6 Å². The third kappa shape index (κ3) is 1.74. The number of nitrogens with zero attached hydrogens (tertiary/aromatic N) is 1. The minimum absolute atomic E-state index is 0.500. The van der Waals surface area contributed by atoms with Crippen LogP contribution in [0.1, 0.15) is 0 Å². The number of rotatable bonds is 1. The topological polar surface area (TPSA) is 12.9 Å². The van der Waals surface area contributed by atoms with Gasteiger partial charge in [0.05, 0.1) is 15.7 Å². The third-order valence-electron chi connectivity index (χ3n) is 1.89. The quantitative estimate of drug-likeness (QED) is 0.711. The molecule has 0 spiro atoms. The number of hydrogen-bond donors (Lipinski definition) is 0. The van der Waals surface area contributed by atoms with E-state index < -0.39 is 0 Å². The van der Waals surface area contributed by atoms with Gasteiger partial charge in [-0.1, -0.05) is 53.5 Å². The molecule has 2 rings (SSSR count). The SMILES string of the molecule is Clc1ccnc(-c2ccccc2)c1Cl. The predicted molar refractivity (Wildman–Crippen MR) is 59.7 cm³/mol. The average Bonchev–Trinajstić information content (AvgIpc) is 2.23. The van der Waals surface area contributed by atoms with Crippen LogP contribution in [0.15, 0.2) is 42.6 Å². The second-order valence-electron chi connectivity index (χ2n) is 2.82. The van der Waals surface area contributed by atoms with E-state index in [2.05, 4.69) is 4.98 Å². The van der Waals surface area contributed by atoms with E-state index in [1.54, 1.807) is 12.3 Å². The van der Waals surface area contributed by atoms with Gasteiger partial charge < -0.3 is 0 Å². The maximum Gasteiger partial charge on any atom is 0.0903 e. The lowest BCUT2D eigenvalue weighted by molar-refractivity contribution is 1.33. The lowest BCUT2D eigenvalue weighted by atomic mass is 10.1. The summed E-state index contributed by atoms with van der Waals surface area (Å²) in [7, 11) is 0. The number of benzene rings is 1. The van der Waals surface area contributed by atoms with E-state index in [1.165, 1.54) is 0 Å². The Bertz CT molecular complexity index is 440. The molecule has 0 aliphatic heterocycles. The summed E-state index contributed by atoms with van der Waals surface area (Å²) in [5.41, 5.74) is 1.69. The lowest BCUT2D eigenvalue weighted by Gasteiger charge is -2.03. The van der Waals surface area contributed by atoms with Crippen LogP contribution in [-0.4, -0.2) is 4.98 Å². The van der Waals surface area contributed by atoms with Crippen LogP contribution in [0, 0.1) is 0 Å². The zero-order chi connectivity index (χ0) is 9.97. The van der Waals surface area contributed by atoms with E-state index in [-0.39, 0.29) is 0 Å². The van der Waals surface area contributed by atoms with Gasteiger partial charge in [0.2, 0.25) is 0 Å². The molecule has 0 N–H and O–H groups in total. The highest BCUT2D eigenvalue weighted by molar-refractivity contribution is 6.43. The number of pyridine rings is 1. The average molecular weight is 224 g/mol. The molecular formula is C11H7Cl2N. The number of halogens is 2. The standard InChI is InChI=1S/C11H7Cl2N/c12-9-6-7-14-11(10(9)13)8-4-2-1-3-5-8/h1-7H. The Hall–Kier alpha value is -1.05. The first-order valence-electron chi connectivity index (χ1n) is 4.14. The molecule has 0 aliphatic rings. The normalized spacial score (nSPS) is 10.1. The highest BCUT2D eigenvalue weighted by atomic mass is 35.5. The summed E-state index contributed by atoms with van der Waals surface area (Å²) in [4.78, 5) is 4.19. The molecule has 1 aromatic heterocycles. The van der Waals surface area contributed by atoms with Gasteiger partial charge in [0.25, 0.3) is 0 Å². The first-order chi connectivity index (χ1) is 6.79. The molecule has 0 aliphatic carbocycles. The Labute approximate surface area is 92.3 Å². The fourth-order valence-electron chi connectivity index (χ4n) is 1.22. The van der Waals surface area contributed by atoms with E-state index in [4.69, 9.17) is 23.2 Å². The van der Waals surface area contributed by atoms with Crippen molar-refractivity contribution < 1.29 is 0 Å². The first kappa shape index (κ1) is 9.50. The summed E-state index contributed by atoms with van der Waals surface area (Å²) in [6.45, 7) is 0. The van der Waals surface area contributed by atoms with Gasteiger partial charge in [0.1, 0.15) is 0 Å². The van der Waals surface area contributed by atoms with Gasteiger partial charge in [0, 0.05) is 11.8 Å². The molecule has 1 nitrogen and oxygen atoms in total. The monoisotopic (exact) mass is 223 g/mol. The van der Waals surface area contributed by atoms with Crippen LogP contribution in [0.4, 0.5) is 0 Å². The highest BCUT2D eigenvalue weighted by Crippen LogP contribution is 2.30. The summed E-state index contributed by atoms with van der Waals surface area (Å²) in [5.74, 6) is 0. The zero-order valence-corrected chi connectivity index (χ0v) is 8.76. The number of aromatic nitrogens is 1. The Morgan fingerprint density at radius 3 is 2.36 bits per heavy atom. The molecule has 3 heteroatoms. The van der Waals surface area contributed by atoms with Gasteiger partial charge in [-0.2, -0.15) is 0 Å². The lowest BCUT2D eigenvalue weighted by Crippen LogP contribution is -1.84. The van der Waals surface area contributed by atoms with Crippen molar-refractivity contribution in [1.82, 2.24) is 4.98 Å². The summed E-state index contributed by atoms with van der Waals surface area (Å²) in [6, 6.07) is 11.4. The Morgan fingerprint density at radius 1 is 0.929 bits per heavy atom. The Kier molecular flexibility index (Phi) is 2.71. The minimum atomic E-state index is 0.500. The molecule has 2 aromatic rings. The maximum atomic E-state index is 6.03. The molecule has 14 heavy (non-hydrogen) atoms. The molecule has 0 unspecified atom stereocenters. The van der Waals surface area contributed by atoms with Crippen LogP contribution in [0.5, 0.6) is 0 Å². The van der Waals surface area contributed by atoms with Gasteiger partial charge >= 0.3 is 0 Å². The molecule has 0 amide bonds. The van der Waals surface area contributed by atoms with Crippen molar-refractivity contribution in [2.24, 2.45) is 0 Å². The van der Waals surface area contributed by atoms with Crippen molar-refractivity contribution >= 4 is 23.2 Å². The van der Waals surface area contributed by atoms with E-state index in [1.807, 2.05) is 30.3 Å². The van der Waals surface area contributed by atoms with Crippen LogP contribution >= 0.6 is 23.2 Å². The number of hydrogen-bond acceptors (Lipinski definition) is 1. The molecule has 0 atom stereocenters. The Balaban J connectivity index is 2.58. The van der Waals surface area contributed by atoms with Gasteiger partial charge in [0.15, 0.2) is 0 Å². The van der Waals surface area contributed by atoms with E-state index in [0.29, 0.717) is 10.0 Å². The van der Waals surface area contributed by atoms with Gasteiger partial charge in [-0.25, -0.2) is 0 Å². The van der Waals surface area contributed by atoms with E-state index >= 15 is 0 Å². The molecule has 0 radical (unpaired) electrons. The zero-order valence-electron chi connectivity index (χ0n) is 7.24. The molecule has 0 saturated heterocycles. The van der Waals surface area contributed by atoms with Crippen molar-refractivity contribution in [3.8, 4) is 11.3 Å². The molecule has 0 bridgehead atoms. The van der Waals surface area contributed by atoms with Crippen molar-refractivity contribution in [2.75, 3.05) is 0 Å². The third-order valence-corrected chi connectivity index (χ3v) is 2.68. The molecular weight excluding hydrogens is 217 g/mol. The predicted octanol–water partition coefficient (Wildman–Crippen LogP) is 4.06. The smallest absolute Gasteiger partial charge is 0.0903 e. The summed E-state index contributed by atoms with van der Waals surface area (Å²) >= 11 is 11.9. The van der Waals surface area contributed by atoms with Crippen molar-refractivity contribution in [2.45, 2.75) is 0 Å². The largest absolute Gasteiger partial charge is 0.255 e. The van der Waals surface area contributed by atoms with Crippen LogP contribution < -0.4 is 0 Å². The fraction of sp³-hybridized carbons (Fsp3) is 0. The molecule has 70 valence electrons.